The van der Waals surface area contributed by atoms with Crippen LogP contribution in [0.25, 0.3) is 22.3 Å². The standard InChI is InChI=1S/C22H19N5/c1-2-4-20-18(3-1)11-16(12-24-20)14-27-10-7-21-19(15-27)13-25-22(26-21)17-5-8-23-9-6-17/h1-6,8-9,11-13H,7,10,14-15H2. The maximum Gasteiger partial charge on any atom is 0.159 e. The molecule has 0 fully saturated rings. The number of benzene rings is 1. The van der Waals surface area contributed by atoms with E-state index in [2.05, 4.69) is 38.1 Å². The van der Waals surface area contributed by atoms with E-state index in [-0.39, 0.29) is 0 Å². The maximum absolute atomic E-state index is 4.79. The first-order valence-corrected chi connectivity index (χ1v) is 9.16. The van der Waals surface area contributed by atoms with Gasteiger partial charge in [-0.25, -0.2) is 9.97 Å². The number of aromatic nitrogens is 4. The SMILES string of the molecule is c1ccc2ncc(CN3CCc4nc(-c5ccncc5)ncc4C3)cc2c1. The van der Waals surface area contributed by atoms with E-state index in [1.807, 2.05) is 36.7 Å². The molecule has 4 aromatic rings. The van der Waals surface area contributed by atoms with Crippen LogP contribution in [0.15, 0.2) is 67.3 Å². The van der Waals surface area contributed by atoms with Gasteiger partial charge in [0.25, 0.3) is 0 Å². The fraction of sp³-hybridized carbons (Fsp3) is 0.182. The lowest BCUT2D eigenvalue weighted by molar-refractivity contribution is 0.243. The topological polar surface area (TPSA) is 54.8 Å². The van der Waals surface area contributed by atoms with Crippen LogP contribution in [-0.4, -0.2) is 31.4 Å². The van der Waals surface area contributed by atoms with Crippen LogP contribution >= 0.6 is 0 Å². The normalized spacial score (nSPS) is 14.2. The molecule has 1 aliphatic heterocycles. The molecular formula is C22H19N5. The maximum atomic E-state index is 4.79. The van der Waals surface area contributed by atoms with Crippen molar-refractivity contribution in [3.8, 4) is 11.4 Å². The van der Waals surface area contributed by atoms with Gasteiger partial charge in [0.1, 0.15) is 0 Å². The third kappa shape index (κ3) is 3.29. The van der Waals surface area contributed by atoms with Crippen molar-refractivity contribution in [2.24, 2.45) is 0 Å². The van der Waals surface area contributed by atoms with E-state index in [1.165, 1.54) is 16.5 Å². The van der Waals surface area contributed by atoms with Gasteiger partial charge in [-0.1, -0.05) is 18.2 Å². The van der Waals surface area contributed by atoms with Crippen LogP contribution in [0.4, 0.5) is 0 Å². The van der Waals surface area contributed by atoms with E-state index in [9.17, 15) is 0 Å². The molecule has 0 aliphatic carbocycles. The zero-order chi connectivity index (χ0) is 18.1. The molecule has 0 radical (unpaired) electrons. The van der Waals surface area contributed by atoms with Crippen molar-refractivity contribution in [3.05, 3.63) is 84.1 Å². The average molecular weight is 353 g/mol. The second-order valence-electron chi connectivity index (χ2n) is 6.90. The number of hydrogen-bond donors (Lipinski definition) is 0. The molecule has 0 saturated heterocycles. The van der Waals surface area contributed by atoms with Crippen molar-refractivity contribution in [1.29, 1.82) is 0 Å². The summed E-state index contributed by atoms with van der Waals surface area (Å²) >= 11 is 0. The quantitative estimate of drug-likeness (QED) is 0.563. The van der Waals surface area contributed by atoms with E-state index in [1.54, 1.807) is 12.4 Å². The highest BCUT2D eigenvalue weighted by Gasteiger charge is 2.19. The molecule has 1 aromatic carbocycles. The molecule has 0 bridgehead atoms. The number of fused-ring (bicyclic) bond motifs is 2. The lowest BCUT2D eigenvalue weighted by atomic mass is 10.1. The summed E-state index contributed by atoms with van der Waals surface area (Å²) in [7, 11) is 0. The monoisotopic (exact) mass is 353 g/mol. The lowest BCUT2D eigenvalue weighted by Crippen LogP contribution is -2.31. The second-order valence-corrected chi connectivity index (χ2v) is 6.90. The van der Waals surface area contributed by atoms with Gasteiger partial charge < -0.3 is 0 Å². The van der Waals surface area contributed by atoms with Crippen molar-refractivity contribution < 1.29 is 0 Å². The summed E-state index contributed by atoms with van der Waals surface area (Å²) in [5, 5.41) is 1.19. The van der Waals surface area contributed by atoms with Gasteiger partial charge in [-0.15, -0.1) is 0 Å². The van der Waals surface area contributed by atoms with Gasteiger partial charge in [-0.3, -0.25) is 14.9 Å². The minimum atomic E-state index is 0.781. The second kappa shape index (κ2) is 6.85. The number of pyridine rings is 2. The van der Waals surface area contributed by atoms with Gasteiger partial charge >= 0.3 is 0 Å². The molecule has 0 saturated carbocycles. The lowest BCUT2D eigenvalue weighted by Gasteiger charge is -2.28. The van der Waals surface area contributed by atoms with Crippen LogP contribution in [0.5, 0.6) is 0 Å². The van der Waals surface area contributed by atoms with E-state index >= 15 is 0 Å². The Labute approximate surface area is 157 Å². The first-order valence-electron chi connectivity index (χ1n) is 9.16. The Morgan fingerprint density at radius 1 is 0.963 bits per heavy atom. The van der Waals surface area contributed by atoms with Crippen LogP contribution in [0.3, 0.4) is 0 Å². The Morgan fingerprint density at radius 3 is 2.78 bits per heavy atom. The zero-order valence-corrected chi connectivity index (χ0v) is 14.9. The van der Waals surface area contributed by atoms with Gasteiger partial charge in [-0.05, 0) is 29.8 Å². The Bertz CT molecular complexity index is 1090. The molecule has 0 spiro atoms. The molecular weight excluding hydrogens is 334 g/mol. The number of para-hydroxylation sites is 1. The predicted octanol–water partition coefficient (Wildman–Crippen LogP) is 3.65. The minimum absolute atomic E-state index is 0.781. The molecule has 0 amide bonds. The predicted molar refractivity (Wildman–Crippen MR) is 105 cm³/mol. The summed E-state index contributed by atoms with van der Waals surface area (Å²) in [5.74, 6) is 0.781. The Kier molecular flexibility index (Phi) is 4.07. The van der Waals surface area contributed by atoms with E-state index in [4.69, 9.17) is 4.98 Å². The minimum Gasteiger partial charge on any atom is -0.294 e. The highest BCUT2D eigenvalue weighted by atomic mass is 15.1. The molecule has 4 heterocycles. The van der Waals surface area contributed by atoms with Gasteiger partial charge in [-0.2, -0.15) is 0 Å². The van der Waals surface area contributed by atoms with E-state index < -0.39 is 0 Å². The molecule has 27 heavy (non-hydrogen) atoms. The first kappa shape index (κ1) is 16.0. The van der Waals surface area contributed by atoms with Gasteiger partial charge in [0.05, 0.1) is 11.2 Å². The molecule has 0 atom stereocenters. The van der Waals surface area contributed by atoms with Crippen LogP contribution in [0.1, 0.15) is 16.8 Å². The highest BCUT2D eigenvalue weighted by molar-refractivity contribution is 5.78. The molecule has 1 aliphatic rings. The average Bonchev–Trinajstić information content (AvgIpc) is 2.74. The Morgan fingerprint density at radius 2 is 1.85 bits per heavy atom. The number of nitrogens with zero attached hydrogens (tertiary/aromatic N) is 5. The Hall–Kier alpha value is -3.18. The first-order chi connectivity index (χ1) is 13.3. The highest BCUT2D eigenvalue weighted by Crippen LogP contribution is 2.22. The molecule has 5 nitrogen and oxygen atoms in total. The fourth-order valence-electron chi connectivity index (χ4n) is 3.61. The van der Waals surface area contributed by atoms with E-state index in [0.29, 0.717) is 0 Å². The van der Waals surface area contributed by atoms with Crippen LogP contribution < -0.4 is 0 Å². The summed E-state index contributed by atoms with van der Waals surface area (Å²) in [5.41, 5.74) is 5.67. The molecule has 132 valence electrons. The fourth-order valence-corrected chi connectivity index (χ4v) is 3.61. The van der Waals surface area contributed by atoms with Crippen molar-refractivity contribution in [2.75, 3.05) is 6.54 Å². The summed E-state index contributed by atoms with van der Waals surface area (Å²) in [6.07, 6.45) is 8.45. The Balaban J connectivity index is 1.34. The van der Waals surface area contributed by atoms with Gasteiger partial charge in [0.15, 0.2) is 5.82 Å². The third-order valence-corrected chi connectivity index (χ3v) is 5.00. The number of rotatable bonds is 3. The van der Waals surface area contributed by atoms with Crippen molar-refractivity contribution in [1.82, 2.24) is 24.8 Å². The molecule has 0 N–H and O–H groups in total. The summed E-state index contributed by atoms with van der Waals surface area (Å²) in [6.45, 7) is 2.76. The molecule has 3 aromatic heterocycles. The number of hydrogen-bond acceptors (Lipinski definition) is 5. The van der Waals surface area contributed by atoms with Crippen molar-refractivity contribution in [3.63, 3.8) is 0 Å². The molecule has 0 unspecified atom stereocenters. The zero-order valence-electron chi connectivity index (χ0n) is 14.9. The van der Waals surface area contributed by atoms with Crippen molar-refractivity contribution >= 4 is 10.9 Å². The van der Waals surface area contributed by atoms with Crippen molar-refractivity contribution in [2.45, 2.75) is 19.5 Å². The summed E-state index contributed by atoms with van der Waals surface area (Å²) in [6, 6.07) is 14.4. The summed E-state index contributed by atoms with van der Waals surface area (Å²) < 4.78 is 0. The van der Waals surface area contributed by atoms with Gasteiger partial charge in [0, 0.05) is 67.4 Å². The van der Waals surface area contributed by atoms with Crippen LogP contribution in [-0.2, 0) is 19.5 Å². The molecule has 5 rings (SSSR count). The van der Waals surface area contributed by atoms with E-state index in [0.717, 1.165) is 48.7 Å². The summed E-state index contributed by atoms with van der Waals surface area (Å²) in [4.78, 5) is 20.4. The third-order valence-electron chi connectivity index (χ3n) is 5.00. The smallest absolute Gasteiger partial charge is 0.159 e. The molecule has 5 heteroatoms. The largest absolute Gasteiger partial charge is 0.294 e. The van der Waals surface area contributed by atoms with Crippen LogP contribution in [0.2, 0.25) is 0 Å². The van der Waals surface area contributed by atoms with Gasteiger partial charge in [0.2, 0.25) is 0 Å². The van der Waals surface area contributed by atoms with Crippen LogP contribution in [0, 0.1) is 0 Å².